The number of benzene rings is 2. The molecular weight excluding hydrogens is 234 g/mol. The van der Waals surface area contributed by atoms with Crippen molar-refractivity contribution in [1.82, 2.24) is 0 Å². The molecule has 1 unspecified atom stereocenters. The summed E-state index contributed by atoms with van der Waals surface area (Å²) in [6.07, 6.45) is -0.597. The molecule has 2 aromatic carbocycles. The molecule has 100 valence electrons. The smallest absolute Gasteiger partial charge is 0.104 e. The van der Waals surface area contributed by atoms with E-state index >= 15 is 0 Å². The first-order valence-corrected chi connectivity index (χ1v) is 6.63. The van der Waals surface area contributed by atoms with Crippen LogP contribution in [0.3, 0.4) is 0 Å². The molecule has 19 heavy (non-hydrogen) atoms. The molecule has 0 aliphatic rings. The van der Waals surface area contributed by atoms with Crippen LogP contribution in [0.25, 0.3) is 0 Å². The van der Waals surface area contributed by atoms with Gasteiger partial charge in [-0.05, 0) is 41.2 Å². The number of hydrogen-bond donors (Lipinski definition) is 2. The standard InChI is InChI=1S/C17H21NO/c1-11(2)13-4-6-14(7-5-13)17(19)15-8-9-16(18)12(3)10-15/h4-11,17,19H,18H2,1-3H3. The summed E-state index contributed by atoms with van der Waals surface area (Å²) in [6, 6.07) is 13.8. The molecule has 2 heteroatoms. The van der Waals surface area contributed by atoms with E-state index in [9.17, 15) is 5.11 Å². The van der Waals surface area contributed by atoms with Gasteiger partial charge in [-0.2, -0.15) is 0 Å². The molecule has 1 atom stereocenters. The van der Waals surface area contributed by atoms with E-state index in [1.807, 2.05) is 37.3 Å². The maximum atomic E-state index is 10.4. The van der Waals surface area contributed by atoms with Gasteiger partial charge in [0.15, 0.2) is 0 Å². The fourth-order valence-electron chi connectivity index (χ4n) is 2.12. The van der Waals surface area contributed by atoms with Crippen LogP contribution in [0.1, 0.15) is 48.1 Å². The summed E-state index contributed by atoms with van der Waals surface area (Å²) in [5, 5.41) is 10.4. The first-order valence-electron chi connectivity index (χ1n) is 6.63. The van der Waals surface area contributed by atoms with E-state index < -0.39 is 6.10 Å². The van der Waals surface area contributed by atoms with Crippen LogP contribution in [0.4, 0.5) is 5.69 Å². The Hall–Kier alpha value is -1.80. The first-order chi connectivity index (χ1) is 8.99. The lowest BCUT2D eigenvalue weighted by Gasteiger charge is -2.14. The Bertz CT molecular complexity index is 558. The van der Waals surface area contributed by atoms with Crippen molar-refractivity contribution in [2.75, 3.05) is 5.73 Å². The highest BCUT2D eigenvalue weighted by atomic mass is 16.3. The van der Waals surface area contributed by atoms with Crippen molar-refractivity contribution >= 4 is 5.69 Å². The molecular formula is C17H21NO. The van der Waals surface area contributed by atoms with Crippen molar-refractivity contribution in [3.8, 4) is 0 Å². The third-order valence-corrected chi connectivity index (χ3v) is 3.53. The Morgan fingerprint density at radius 1 is 0.895 bits per heavy atom. The molecule has 0 radical (unpaired) electrons. The summed E-state index contributed by atoms with van der Waals surface area (Å²) < 4.78 is 0. The van der Waals surface area contributed by atoms with E-state index in [2.05, 4.69) is 26.0 Å². The van der Waals surface area contributed by atoms with Crippen LogP contribution in [-0.4, -0.2) is 5.11 Å². The van der Waals surface area contributed by atoms with E-state index in [1.165, 1.54) is 5.56 Å². The van der Waals surface area contributed by atoms with Gasteiger partial charge in [-0.3, -0.25) is 0 Å². The molecule has 0 aliphatic heterocycles. The largest absolute Gasteiger partial charge is 0.399 e. The second-order valence-electron chi connectivity index (χ2n) is 5.34. The summed E-state index contributed by atoms with van der Waals surface area (Å²) in [4.78, 5) is 0. The highest BCUT2D eigenvalue weighted by molar-refractivity contribution is 5.49. The van der Waals surface area contributed by atoms with Gasteiger partial charge in [-0.25, -0.2) is 0 Å². The van der Waals surface area contributed by atoms with E-state index in [0.717, 1.165) is 22.4 Å². The first kappa shape index (κ1) is 13.6. The quantitative estimate of drug-likeness (QED) is 0.820. The molecule has 0 fully saturated rings. The van der Waals surface area contributed by atoms with Crippen LogP contribution in [0.2, 0.25) is 0 Å². The second-order valence-corrected chi connectivity index (χ2v) is 5.34. The number of anilines is 1. The lowest BCUT2D eigenvalue weighted by Crippen LogP contribution is -2.01. The van der Waals surface area contributed by atoms with Crippen molar-refractivity contribution in [2.45, 2.75) is 32.8 Å². The molecule has 2 rings (SSSR count). The third kappa shape index (κ3) is 2.96. The zero-order valence-corrected chi connectivity index (χ0v) is 11.7. The van der Waals surface area contributed by atoms with Gasteiger partial charge in [0.25, 0.3) is 0 Å². The van der Waals surface area contributed by atoms with Crippen LogP contribution in [-0.2, 0) is 0 Å². The summed E-state index contributed by atoms with van der Waals surface area (Å²) >= 11 is 0. The Morgan fingerprint density at radius 3 is 1.95 bits per heavy atom. The number of aliphatic hydroxyl groups excluding tert-OH is 1. The average Bonchev–Trinajstić information content (AvgIpc) is 2.41. The monoisotopic (exact) mass is 255 g/mol. The van der Waals surface area contributed by atoms with Gasteiger partial charge in [0.05, 0.1) is 0 Å². The van der Waals surface area contributed by atoms with Crippen LogP contribution < -0.4 is 5.73 Å². The maximum Gasteiger partial charge on any atom is 0.104 e. The average molecular weight is 255 g/mol. The van der Waals surface area contributed by atoms with Gasteiger partial charge in [-0.15, -0.1) is 0 Å². The topological polar surface area (TPSA) is 46.2 Å². The summed E-state index contributed by atoms with van der Waals surface area (Å²) in [5.74, 6) is 0.505. The molecule has 0 saturated heterocycles. The minimum atomic E-state index is -0.597. The molecule has 0 bridgehead atoms. The summed E-state index contributed by atoms with van der Waals surface area (Å²) in [7, 11) is 0. The van der Waals surface area contributed by atoms with Crippen molar-refractivity contribution in [1.29, 1.82) is 0 Å². The minimum absolute atomic E-state index is 0.505. The fourth-order valence-corrected chi connectivity index (χ4v) is 2.12. The van der Waals surface area contributed by atoms with Crippen molar-refractivity contribution < 1.29 is 5.11 Å². The third-order valence-electron chi connectivity index (χ3n) is 3.53. The van der Waals surface area contributed by atoms with Crippen molar-refractivity contribution in [3.05, 3.63) is 64.7 Å². The SMILES string of the molecule is Cc1cc(C(O)c2ccc(C(C)C)cc2)ccc1N. The number of rotatable bonds is 3. The Kier molecular flexibility index (Phi) is 3.91. The minimum Gasteiger partial charge on any atom is -0.399 e. The predicted molar refractivity (Wildman–Crippen MR) is 80.2 cm³/mol. The lowest BCUT2D eigenvalue weighted by molar-refractivity contribution is 0.220. The maximum absolute atomic E-state index is 10.4. The number of hydrogen-bond acceptors (Lipinski definition) is 2. The van der Waals surface area contributed by atoms with Crippen LogP contribution in [0.5, 0.6) is 0 Å². The molecule has 3 N–H and O–H groups in total. The van der Waals surface area contributed by atoms with E-state index in [0.29, 0.717) is 5.92 Å². The second kappa shape index (κ2) is 5.45. The Labute approximate surface area is 114 Å². The van der Waals surface area contributed by atoms with E-state index in [4.69, 9.17) is 5.73 Å². The molecule has 0 spiro atoms. The van der Waals surface area contributed by atoms with Crippen molar-refractivity contribution in [2.24, 2.45) is 0 Å². The molecule has 0 amide bonds. The molecule has 0 aromatic heterocycles. The van der Waals surface area contributed by atoms with Gasteiger partial charge < -0.3 is 10.8 Å². The van der Waals surface area contributed by atoms with Crippen LogP contribution >= 0.6 is 0 Å². The van der Waals surface area contributed by atoms with Gasteiger partial charge in [0, 0.05) is 5.69 Å². The predicted octanol–water partition coefficient (Wildman–Crippen LogP) is 3.78. The van der Waals surface area contributed by atoms with Crippen LogP contribution in [0.15, 0.2) is 42.5 Å². The normalized spacial score (nSPS) is 12.7. The van der Waals surface area contributed by atoms with Gasteiger partial charge in [0.2, 0.25) is 0 Å². The van der Waals surface area contributed by atoms with Gasteiger partial charge in [0.1, 0.15) is 6.10 Å². The molecule has 0 saturated carbocycles. The zero-order valence-electron chi connectivity index (χ0n) is 11.7. The summed E-state index contributed by atoms with van der Waals surface area (Å²) in [5.41, 5.74) is 10.6. The van der Waals surface area contributed by atoms with Gasteiger partial charge in [-0.1, -0.05) is 50.2 Å². The van der Waals surface area contributed by atoms with E-state index in [1.54, 1.807) is 0 Å². The number of nitrogen functional groups attached to an aromatic ring is 1. The number of aliphatic hydroxyl groups is 1. The highest BCUT2D eigenvalue weighted by Gasteiger charge is 2.11. The highest BCUT2D eigenvalue weighted by Crippen LogP contribution is 2.26. The Balaban J connectivity index is 2.27. The van der Waals surface area contributed by atoms with Crippen LogP contribution in [0, 0.1) is 6.92 Å². The van der Waals surface area contributed by atoms with E-state index in [-0.39, 0.29) is 0 Å². The zero-order chi connectivity index (χ0) is 14.0. The number of aryl methyl sites for hydroxylation is 1. The Morgan fingerprint density at radius 2 is 1.42 bits per heavy atom. The molecule has 2 aromatic rings. The molecule has 0 aliphatic carbocycles. The summed E-state index contributed by atoms with van der Waals surface area (Å²) in [6.45, 7) is 6.27. The molecule has 2 nitrogen and oxygen atoms in total. The lowest BCUT2D eigenvalue weighted by atomic mass is 9.96. The number of nitrogens with two attached hydrogens (primary N) is 1. The molecule has 0 heterocycles. The van der Waals surface area contributed by atoms with Gasteiger partial charge >= 0.3 is 0 Å². The fraction of sp³-hybridized carbons (Fsp3) is 0.294. The van der Waals surface area contributed by atoms with Crippen molar-refractivity contribution in [3.63, 3.8) is 0 Å².